The zero-order chi connectivity index (χ0) is 15.0. The molecule has 0 bridgehead atoms. The van der Waals surface area contributed by atoms with Crippen LogP contribution < -0.4 is 10.6 Å². The van der Waals surface area contributed by atoms with Gasteiger partial charge >= 0.3 is 0 Å². The third kappa shape index (κ3) is 2.78. The lowest BCUT2D eigenvalue weighted by Crippen LogP contribution is -2.25. The quantitative estimate of drug-likeness (QED) is 0.867. The number of anilines is 2. The van der Waals surface area contributed by atoms with Gasteiger partial charge in [0, 0.05) is 18.3 Å². The van der Waals surface area contributed by atoms with E-state index in [0.717, 1.165) is 35.7 Å². The number of hydrogen-bond acceptors (Lipinski definition) is 2. The summed E-state index contributed by atoms with van der Waals surface area (Å²) >= 11 is 6.51. The van der Waals surface area contributed by atoms with Crippen molar-refractivity contribution in [1.82, 2.24) is 0 Å². The molecule has 0 fully saturated rings. The molecule has 1 aliphatic rings. The first-order valence-electron chi connectivity index (χ1n) is 7.48. The molecule has 0 aliphatic carbocycles. The molecule has 3 heteroatoms. The predicted octanol–water partition coefficient (Wildman–Crippen LogP) is 4.75. The van der Waals surface area contributed by atoms with E-state index in [2.05, 4.69) is 42.2 Å². The van der Waals surface area contributed by atoms with Crippen molar-refractivity contribution < 1.29 is 0 Å². The highest BCUT2D eigenvalue weighted by atomic mass is 35.5. The van der Waals surface area contributed by atoms with Crippen LogP contribution >= 0.6 is 11.6 Å². The zero-order valence-corrected chi connectivity index (χ0v) is 13.3. The van der Waals surface area contributed by atoms with Gasteiger partial charge in [0.15, 0.2) is 0 Å². The molecule has 0 saturated heterocycles. The van der Waals surface area contributed by atoms with Crippen LogP contribution in [-0.2, 0) is 6.42 Å². The number of halogens is 1. The SMILES string of the molecule is Cc1ccc2c(c1)CCCN2c1ccc([C@@H](C)N)cc1Cl. The molecule has 0 amide bonds. The Balaban J connectivity index is 2.03. The van der Waals surface area contributed by atoms with Gasteiger partial charge in [-0.15, -0.1) is 0 Å². The van der Waals surface area contributed by atoms with Gasteiger partial charge in [-0.3, -0.25) is 0 Å². The van der Waals surface area contributed by atoms with Crippen LogP contribution in [0.25, 0.3) is 0 Å². The van der Waals surface area contributed by atoms with E-state index in [0.29, 0.717) is 0 Å². The molecule has 0 radical (unpaired) electrons. The van der Waals surface area contributed by atoms with Gasteiger partial charge in [-0.05, 0) is 56.0 Å². The van der Waals surface area contributed by atoms with Crippen LogP contribution in [0.15, 0.2) is 36.4 Å². The molecule has 21 heavy (non-hydrogen) atoms. The fourth-order valence-electron chi connectivity index (χ4n) is 3.00. The van der Waals surface area contributed by atoms with Crippen molar-refractivity contribution >= 4 is 23.0 Å². The van der Waals surface area contributed by atoms with Gasteiger partial charge in [0.25, 0.3) is 0 Å². The fourth-order valence-corrected chi connectivity index (χ4v) is 3.29. The Kier molecular flexibility index (Phi) is 3.92. The van der Waals surface area contributed by atoms with Crippen LogP contribution in [0.2, 0.25) is 5.02 Å². The molecule has 1 heterocycles. The van der Waals surface area contributed by atoms with Gasteiger partial charge in [-0.25, -0.2) is 0 Å². The van der Waals surface area contributed by atoms with Crippen molar-refractivity contribution in [2.24, 2.45) is 5.73 Å². The minimum absolute atomic E-state index is 0.00726. The van der Waals surface area contributed by atoms with Crippen molar-refractivity contribution in [1.29, 1.82) is 0 Å². The zero-order valence-electron chi connectivity index (χ0n) is 12.6. The number of fused-ring (bicyclic) bond motifs is 1. The summed E-state index contributed by atoms with van der Waals surface area (Å²) in [4.78, 5) is 2.32. The van der Waals surface area contributed by atoms with Gasteiger partial charge in [0.1, 0.15) is 0 Å². The Morgan fingerprint density at radius 3 is 2.62 bits per heavy atom. The van der Waals surface area contributed by atoms with Crippen molar-refractivity contribution in [3.05, 3.63) is 58.1 Å². The van der Waals surface area contributed by atoms with Crippen LogP contribution in [0.5, 0.6) is 0 Å². The standard InChI is InChI=1S/C18H21ClN2/c1-12-5-7-17-15(10-12)4-3-9-21(17)18-8-6-14(13(2)20)11-16(18)19/h5-8,10-11,13H,3-4,9,20H2,1-2H3/t13-/m1/s1. The van der Waals surface area contributed by atoms with E-state index in [4.69, 9.17) is 17.3 Å². The number of aryl methyl sites for hydroxylation is 2. The lowest BCUT2D eigenvalue weighted by molar-refractivity contribution is 0.765. The Labute approximate surface area is 131 Å². The second-order valence-electron chi connectivity index (χ2n) is 5.89. The highest BCUT2D eigenvalue weighted by Crippen LogP contribution is 2.38. The van der Waals surface area contributed by atoms with Crippen LogP contribution in [0.3, 0.4) is 0 Å². The molecular formula is C18H21ClN2. The molecule has 1 atom stereocenters. The molecule has 2 aromatic rings. The number of nitrogens with zero attached hydrogens (tertiary/aromatic N) is 1. The second-order valence-corrected chi connectivity index (χ2v) is 6.29. The lowest BCUT2D eigenvalue weighted by atomic mass is 9.98. The maximum Gasteiger partial charge on any atom is 0.0646 e. The van der Waals surface area contributed by atoms with Crippen LogP contribution in [0.4, 0.5) is 11.4 Å². The number of benzene rings is 2. The minimum Gasteiger partial charge on any atom is -0.340 e. The van der Waals surface area contributed by atoms with Gasteiger partial charge in [0.2, 0.25) is 0 Å². The first-order valence-corrected chi connectivity index (χ1v) is 7.86. The molecule has 0 aromatic heterocycles. The van der Waals surface area contributed by atoms with E-state index in [9.17, 15) is 0 Å². The monoisotopic (exact) mass is 300 g/mol. The third-order valence-corrected chi connectivity index (χ3v) is 4.44. The topological polar surface area (TPSA) is 29.3 Å². The summed E-state index contributed by atoms with van der Waals surface area (Å²) in [6.45, 7) is 5.13. The average Bonchev–Trinajstić information content (AvgIpc) is 2.46. The smallest absolute Gasteiger partial charge is 0.0646 e. The maximum absolute atomic E-state index is 6.51. The molecule has 1 aliphatic heterocycles. The first kappa shape index (κ1) is 14.4. The van der Waals surface area contributed by atoms with E-state index >= 15 is 0 Å². The molecule has 0 unspecified atom stereocenters. The van der Waals surface area contributed by atoms with Crippen molar-refractivity contribution in [3.63, 3.8) is 0 Å². The van der Waals surface area contributed by atoms with Gasteiger partial charge in [-0.2, -0.15) is 0 Å². The maximum atomic E-state index is 6.51. The van der Waals surface area contributed by atoms with E-state index in [-0.39, 0.29) is 6.04 Å². The third-order valence-electron chi connectivity index (χ3n) is 4.14. The molecule has 110 valence electrons. The van der Waals surface area contributed by atoms with Crippen LogP contribution in [0, 0.1) is 6.92 Å². The van der Waals surface area contributed by atoms with Gasteiger partial charge in [-0.1, -0.05) is 35.4 Å². The Morgan fingerprint density at radius 2 is 1.90 bits per heavy atom. The second kappa shape index (κ2) is 5.70. The summed E-state index contributed by atoms with van der Waals surface area (Å²) in [5.74, 6) is 0. The van der Waals surface area contributed by atoms with Crippen LogP contribution in [-0.4, -0.2) is 6.54 Å². The van der Waals surface area contributed by atoms with Gasteiger partial charge < -0.3 is 10.6 Å². The van der Waals surface area contributed by atoms with E-state index in [1.165, 1.54) is 16.8 Å². The lowest BCUT2D eigenvalue weighted by Gasteiger charge is -2.32. The fraction of sp³-hybridized carbons (Fsp3) is 0.333. The summed E-state index contributed by atoms with van der Waals surface area (Å²) in [5.41, 5.74) is 12.1. The summed E-state index contributed by atoms with van der Waals surface area (Å²) in [6.07, 6.45) is 2.30. The average molecular weight is 301 g/mol. The summed E-state index contributed by atoms with van der Waals surface area (Å²) < 4.78 is 0. The Hall–Kier alpha value is -1.51. The molecule has 3 rings (SSSR count). The highest BCUT2D eigenvalue weighted by molar-refractivity contribution is 6.33. The number of rotatable bonds is 2. The molecule has 2 nitrogen and oxygen atoms in total. The summed E-state index contributed by atoms with van der Waals surface area (Å²) in [7, 11) is 0. The molecular weight excluding hydrogens is 280 g/mol. The largest absolute Gasteiger partial charge is 0.340 e. The Bertz CT molecular complexity index is 664. The number of nitrogens with two attached hydrogens (primary N) is 1. The summed E-state index contributed by atoms with van der Waals surface area (Å²) in [5, 5.41) is 0.776. The van der Waals surface area contributed by atoms with Crippen molar-refractivity contribution in [2.45, 2.75) is 32.7 Å². The molecule has 2 aromatic carbocycles. The van der Waals surface area contributed by atoms with Gasteiger partial charge in [0.05, 0.1) is 10.7 Å². The number of hydrogen-bond donors (Lipinski definition) is 1. The highest BCUT2D eigenvalue weighted by Gasteiger charge is 2.20. The normalized spacial score (nSPS) is 15.7. The van der Waals surface area contributed by atoms with Crippen molar-refractivity contribution in [2.75, 3.05) is 11.4 Å². The Morgan fingerprint density at radius 1 is 1.14 bits per heavy atom. The molecule has 0 saturated carbocycles. The van der Waals surface area contributed by atoms with E-state index in [1.54, 1.807) is 0 Å². The summed E-state index contributed by atoms with van der Waals surface area (Å²) in [6, 6.07) is 12.8. The van der Waals surface area contributed by atoms with Crippen LogP contribution in [0.1, 0.15) is 36.1 Å². The predicted molar refractivity (Wildman–Crippen MR) is 90.6 cm³/mol. The minimum atomic E-state index is 0.00726. The van der Waals surface area contributed by atoms with Crippen molar-refractivity contribution in [3.8, 4) is 0 Å². The van der Waals surface area contributed by atoms with E-state index < -0.39 is 0 Å². The molecule has 0 spiro atoms. The van der Waals surface area contributed by atoms with E-state index in [1.807, 2.05) is 13.0 Å². The first-order chi connectivity index (χ1) is 10.1. The molecule has 2 N–H and O–H groups in total.